The van der Waals surface area contributed by atoms with Gasteiger partial charge < -0.3 is 5.11 Å². The molecule has 0 amide bonds. The summed E-state index contributed by atoms with van der Waals surface area (Å²) in [5, 5.41) is 10.4. The number of aliphatic carboxylic acids is 1. The molecule has 0 spiro atoms. The molecule has 0 atom stereocenters. The molecule has 0 fully saturated rings. The summed E-state index contributed by atoms with van der Waals surface area (Å²) in [6.07, 6.45) is 1.90. The fourth-order valence-electron chi connectivity index (χ4n) is 3.37. The minimum absolute atomic E-state index is 0.0755. The Labute approximate surface area is 130 Å². The summed E-state index contributed by atoms with van der Waals surface area (Å²) in [7, 11) is 0. The van der Waals surface area contributed by atoms with Crippen molar-refractivity contribution in [1.82, 2.24) is 9.88 Å². The van der Waals surface area contributed by atoms with Crippen LogP contribution in [0.4, 0.5) is 0 Å². The highest BCUT2D eigenvalue weighted by Crippen LogP contribution is 2.30. The molecule has 0 saturated carbocycles. The van der Waals surface area contributed by atoms with Gasteiger partial charge in [-0.05, 0) is 29.7 Å². The van der Waals surface area contributed by atoms with Crippen LogP contribution in [0.3, 0.4) is 0 Å². The van der Waals surface area contributed by atoms with Crippen LogP contribution in [0.2, 0.25) is 0 Å². The van der Waals surface area contributed by atoms with Crippen molar-refractivity contribution in [2.24, 2.45) is 0 Å². The molecule has 2 heterocycles. The van der Waals surface area contributed by atoms with Gasteiger partial charge in [-0.3, -0.25) is 14.7 Å². The zero-order valence-electron chi connectivity index (χ0n) is 13.2. The van der Waals surface area contributed by atoms with Gasteiger partial charge in [0, 0.05) is 30.6 Å². The Hall–Kier alpha value is -1.94. The number of para-hydroxylation sites is 1. The summed E-state index contributed by atoms with van der Waals surface area (Å²) in [6, 6.07) is 6.12. The first kappa shape index (κ1) is 15.0. The number of pyridine rings is 1. The number of carboxylic acid groups (broad SMARTS) is 1. The van der Waals surface area contributed by atoms with Gasteiger partial charge in [0.2, 0.25) is 0 Å². The smallest absolute Gasteiger partial charge is 0.307 e. The highest BCUT2D eigenvalue weighted by atomic mass is 16.4. The van der Waals surface area contributed by atoms with E-state index < -0.39 is 5.97 Å². The maximum Gasteiger partial charge on any atom is 0.307 e. The molecule has 1 aromatic heterocycles. The molecule has 2 aromatic rings. The molecule has 1 N–H and O–H groups in total. The predicted molar refractivity (Wildman–Crippen MR) is 87.1 cm³/mol. The normalized spacial score (nSPS) is 15.0. The molecule has 1 aliphatic heterocycles. The van der Waals surface area contributed by atoms with Crippen molar-refractivity contribution in [1.29, 1.82) is 0 Å². The van der Waals surface area contributed by atoms with Gasteiger partial charge in [-0.1, -0.05) is 32.0 Å². The van der Waals surface area contributed by atoms with E-state index in [-0.39, 0.29) is 6.42 Å². The average Bonchev–Trinajstić information content (AvgIpc) is 2.53. The number of hydrogen-bond donors (Lipinski definition) is 1. The van der Waals surface area contributed by atoms with Gasteiger partial charge in [0.15, 0.2) is 0 Å². The van der Waals surface area contributed by atoms with Crippen molar-refractivity contribution >= 4 is 16.9 Å². The van der Waals surface area contributed by atoms with E-state index in [1.807, 2.05) is 12.1 Å². The van der Waals surface area contributed by atoms with Gasteiger partial charge in [-0.25, -0.2) is 0 Å². The van der Waals surface area contributed by atoms with Crippen LogP contribution < -0.4 is 0 Å². The second-order valence-electron chi connectivity index (χ2n) is 5.87. The van der Waals surface area contributed by atoms with Crippen LogP contribution in [-0.2, 0) is 30.6 Å². The molecular formula is C18H22N2O2. The third-order valence-electron chi connectivity index (χ3n) is 4.61. The van der Waals surface area contributed by atoms with Crippen molar-refractivity contribution in [2.45, 2.75) is 39.7 Å². The first-order valence-electron chi connectivity index (χ1n) is 8.00. The number of carboxylic acids is 1. The highest BCUT2D eigenvalue weighted by molar-refractivity contribution is 5.89. The van der Waals surface area contributed by atoms with E-state index in [1.54, 1.807) is 0 Å². The van der Waals surface area contributed by atoms with Crippen molar-refractivity contribution < 1.29 is 9.90 Å². The van der Waals surface area contributed by atoms with E-state index in [2.05, 4.69) is 24.8 Å². The van der Waals surface area contributed by atoms with Crippen molar-refractivity contribution in [3.8, 4) is 0 Å². The first-order chi connectivity index (χ1) is 10.6. The molecule has 0 unspecified atom stereocenters. The second-order valence-corrected chi connectivity index (χ2v) is 5.87. The van der Waals surface area contributed by atoms with Gasteiger partial charge in [-0.2, -0.15) is 0 Å². The van der Waals surface area contributed by atoms with Gasteiger partial charge in [0.05, 0.1) is 11.9 Å². The molecule has 0 radical (unpaired) electrons. The topological polar surface area (TPSA) is 53.4 Å². The molecule has 0 bridgehead atoms. The lowest BCUT2D eigenvalue weighted by molar-refractivity contribution is -0.136. The Kier molecular flexibility index (Phi) is 4.12. The maximum atomic E-state index is 11.4. The number of rotatable bonds is 4. The number of aryl methyl sites for hydroxylation is 1. The Balaban J connectivity index is 2.26. The fraction of sp³-hybridized carbons (Fsp3) is 0.444. The van der Waals surface area contributed by atoms with Crippen molar-refractivity contribution in [2.75, 3.05) is 13.1 Å². The number of aromatic nitrogens is 1. The standard InChI is InChI=1S/C18H22N2O2/c1-3-12-6-5-7-13-14(10-17(21)22)15-11-20(4-2)9-8-16(15)19-18(12)13/h5-7H,3-4,8-11H2,1-2H3,(H,21,22). The van der Waals surface area contributed by atoms with Crippen LogP contribution in [0.5, 0.6) is 0 Å². The quantitative estimate of drug-likeness (QED) is 0.943. The molecule has 3 rings (SSSR count). The van der Waals surface area contributed by atoms with Crippen molar-refractivity contribution in [3.05, 3.63) is 40.6 Å². The lowest BCUT2D eigenvalue weighted by Gasteiger charge is -2.29. The van der Waals surface area contributed by atoms with E-state index in [0.717, 1.165) is 60.2 Å². The molecule has 4 heteroatoms. The lowest BCUT2D eigenvalue weighted by Crippen LogP contribution is -2.32. The monoisotopic (exact) mass is 298 g/mol. The summed E-state index contributed by atoms with van der Waals surface area (Å²) < 4.78 is 0. The van der Waals surface area contributed by atoms with Crippen LogP contribution in [0.25, 0.3) is 10.9 Å². The van der Waals surface area contributed by atoms with E-state index in [9.17, 15) is 9.90 Å². The van der Waals surface area contributed by atoms with Gasteiger partial charge in [0.25, 0.3) is 0 Å². The molecule has 0 aliphatic carbocycles. The fourth-order valence-corrected chi connectivity index (χ4v) is 3.37. The van der Waals surface area contributed by atoms with E-state index in [0.29, 0.717) is 0 Å². The Bertz CT molecular complexity index is 725. The van der Waals surface area contributed by atoms with E-state index in [1.165, 1.54) is 5.56 Å². The number of carbonyl (C=O) groups is 1. The van der Waals surface area contributed by atoms with Crippen LogP contribution in [0.1, 0.15) is 36.2 Å². The van der Waals surface area contributed by atoms with Crippen molar-refractivity contribution in [3.63, 3.8) is 0 Å². The predicted octanol–water partition coefficient (Wildman–Crippen LogP) is 2.80. The summed E-state index contributed by atoms with van der Waals surface area (Å²) in [5.74, 6) is -0.773. The zero-order chi connectivity index (χ0) is 15.7. The number of benzene rings is 1. The Morgan fingerprint density at radius 1 is 1.36 bits per heavy atom. The summed E-state index contributed by atoms with van der Waals surface area (Å²) in [6.45, 7) is 7.06. The summed E-state index contributed by atoms with van der Waals surface area (Å²) in [5.41, 5.74) is 5.38. The van der Waals surface area contributed by atoms with Crippen LogP contribution in [0, 0.1) is 0 Å². The average molecular weight is 298 g/mol. The van der Waals surface area contributed by atoms with Crippen LogP contribution in [0.15, 0.2) is 18.2 Å². The number of likely N-dealkylation sites (N-methyl/N-ethyl adjacent to an activating group) is 1. The first-order valence-corrected chi connectivity index (χ1v) is 8.00. The highest BCUT2D eigenvalue weighted by Gasteiger charge is 2.23. The van der Waals surface area contributed by atoms with Gasteiger partial charge in [0.1, 0.15) is 0 Å². The largest absolute Gasteiger partial charge is 0.481 e. The minimum atomic E-state index is -0.773. The number of fused-ring (bicyclic) bond motifs is 2. The minimum Gasteiger partial charge on any atom is -0.481 e. The number of hydrogen-bond acceptors (Lipinski definition) is 3. The van der Waals surface area contributed by atoms with E-state index in [4.69, 9.17) is 4.98 Å². The molecular weight excluding hydrogens is 276 g/mol. The summed E-state index contributed by atoms with van der Waals surface area (Å²) >= 11 is 0. The van der Waals surface area contributed by atoms with Gasteiger partial charge >= 0.3 is 5.97 Å². The van der Waals surface area contributed by atoms with Crippen LogP contribution >= 0.6 is 0 Å². The molecule has 22 heavy (non-hydrogen) atoms. The molecule has 1 aliphatic rings. The lowest BCUT2D eigenvalue weighted by atomic mass is 9.92. The zero-order valence-corrected chi connectivity index (χ0v) is 13.2. The molecule has 0 saturated heterocycles. The second kappa shape index (κ2) is 6.05. The third-order valence-corrected chi connectivity index (χ3v) is 4.61. The Morgan fingerprint density at radius 2 is 2.18 bits per heavy atom. The SMILES string of the molecule is CCc1cccc2c(CC(=O)O)c3c(nc12)CCN(CC)C3. The Morgan fingerprint density at radius 3 is 2.86 bits per heavy atom. The maximum absolute atomic E-state index is 11.4. The number of nitrogens with zero attached hydrogens (tertiary/aromatic N) is 2. The van der Waals surface area contributed by atoms with E-state index >= 15 is 0 Å². The third kappa shape index (κ3) is 2.59. The molecule has 4 nitrogen and oxygen atoms in total. The summed E-state index contributed by atoms with van der Waals surface area (Å²) in [4.78, 5) is 18.6. The molecule has 1 aromatic carbocycles. The van der Waals surface area contributed by atoms with Crippen LogP contribution in [-0.4, -0.2) is 34.0 Å². The van der Waals surface area contributed by atoms with Gasteiger partial charge in [-0.15, -0.1) is 0 Å². The molecule has 116 valence electrons.